The molecule has 1 aliphatic heterocycles. The summed E-state index contributed by atoms with van der Waals surface area (Å²) in [6.45, 7) is 3.16. The Morgan fingerprint density at radius 3 is 2.83 bits per heavy atom. The summed E-state index contributed by atoms with van der Waals surface area (Å²) in [5.41, 5.74) is 0.597. The van der Waals surface area contributed by atoms with Gasteiger partial charge < -0.3 is 14.1 Å². The zero-order valence-corrected chi connectivity index (χ0v) is 17.0. The van der Waals surface area contributed by atoms with Gasteiger partial charge in [-0.1, -0.05) is 17.8 Å². The first-order valence-electron chi connectivity index (χ1n) is 9.80. The molecule has 0 spiro atoms. The van der Waals surface area contributed by atoms with Crippen molar-refractivity contribution in [2.75, 3.05) is 30.3 Å². The fourth-order valence-electron chi connectivity index (χ4n) is 3.36. The molecule has 0 radical (unpaired) electrons. The van der Waals surface area contributed by atoms with Gasteiger partial charge in [-0.25, -0.2) is 0 Å². The number of rotatable bonds is 8. The number of nitrogens with zero attached hydrogens (tertiary/aromatic N) is 5. The number of hydrogen-bond acceptors (Lipinski definition) is 7. The molecule has 3 heterocycles. The van der Waals surface area contributed by atoms with E-state index in [4.69, 9.17) is 14.4 Å². The van der Waals surface area contributed by atoms with Crippen LogP contribution in [-0.4, -0.2) is 40.2 Å². The summed E-state index contributed by atoms with van der Waals surface area (Å²) in [6, 6.07) is 13.2. The summed E-state index contributed by atoms with van der Waals surface area (Å²) in [7, 11) is 0. The molecule has 0 bridgehead atoms. The zero-order chi connectivity index (χ0) is 19.9. The Morgan fingerprint density at radius 1 is 1.14 bits per heavy atom. The molecule has 0 aliphatic carbocycles. The average molecular weight is 410 g/mol. The third kappa shape index (κ3) is 4.93. The van der Waals surface area contributed by atoms with Crippen LogP contribution >= 0.6 is 11.8 Å². The van der Waals surface area contributed by atoms with E-state index in [2.05, 4.69) is 25.7 Å². The summed E-state index contributed by atoms with van der Waals surface area (Å²) in [5.74, 6) is 3.23. The Hall–Kier alpha value is -2.92. The van der Waals surface area contributed by atoms with E-state index in [0.29, 0.717) is 24.5 Å². The molecule has 4 rings (SSSR count). The lowest BCUT2D eigenvalue weighted by Gasteiger charge is -2.27. The Labute approximate surface area is 174 Å². The second kappa shape index (κ2) is 9.52. The van der Waals surface area contributed by atoms with Crippen molar-refractivity contribution in [2.24, 2.45) is 0 Å². The maximum atomic E-state index is 8.99. The van der Waals surface area contributed by atoms with Crippen LogP contribution in [0, 0.1) is 11.3 Å². The molecule has 1 aromatic carbocycles. The maximum absolute atomic E-state index is 8.99. The van der Waals surface area contributed by atoms with Crippen LogP contribution in [0.2, 0.25) is 0 Å². The van der Waals surface area contributed by atoms with Crippen molar-refractivity contribution in [2.45, 2.75) is 31.0 Å². The third-order valence-corrected chi connectivity index (χ3v) is 5.71. The van der Waals surface area contributed by atoms with E-state index in [0.717, 1.165) is 35.7 Å². The monoisotopic (exact) mass is 409 g/mol. The Kier molecular flexibility index (Phi) is 6.37. The maximum Gasteiger partial charge on any atom is 0.228 e. The van der Waals surface area contributed by atoms with Crippen LogP contribution in [0.1, 0.15) is 30.6 Å². The molecular formula is C21H23N5O2S. The minimum atomic E-state index is 0.520. The highest BCUT2D eigenvalue weighted by molar-refractivity contribution is 7.99. The molecule has 0 saturated carbocycles. The molecule has 7 nitrogen and oxygen atoms in total. The Balaban J connectivity index is 1.42. The van der Waals surface area contributed by atoms with Crippen LogP contribution in [0.3, 0.4) is 0 Å². The molecule has 3 aromatic rings. The van der Waals surface area contributed by atoms with Gasteiger partial charge in [-0.05, 0) is 49.6 Å². The number of aromatic nitrogens is 3. The quantitative estimate of drug-likeness (QED) is 0.412. The molecule has 1 aliphatic rings. The lowest BCUT2D eigenvalue weighted by molar-refractivity contribution is 0.343. The van der Waals surface area contributed by atoms with Crippen molar-refractivity contribution in [3.05, 3.63) is 54.0 Å². The molecule has 0 unspecified atom stereocenters. The molecule has 2 aromatic heterocycles. The third-order valence-electron chi connectivity index (χ3n) is 4.78. The first-order valence-corrected chi connectivity index (χ1v) is 10.8. The van der Waals surface area contributed by atoms with E-state index < -0.39 is 0 Å². The highest BCUT2D eigenvalue weighted by Gasteiger charge is 2.21. The van der Waals surface area contributed by atoms with Crippen molar-refractivity contribution in [3.63, 3.8) is 0 Å². The Morgan fingerprint density at radius 2 is 2.03 bits per heavy atom. The summed E-state index contributed by atoms with van der Waals surface area (Å²) in [4.78, 5) is 2.31. The number of thioether (sulfide) groups is 1. The van der Waals surface area contributed by atoms with E-state index >= 15 is 0 Å². The summed E-state index contributed by atoms with van der Waals surface area (Å²) in [6.07, 6.45) is 5.34. The average Bonchev–Trinajstić information content (AvgIpc) is 3.43. The Bertz CT molecular complexity index is 958. The van der Waals surface area contributed by atoms with Crippen LogP contribution in [0.5, 0.6) is 5.75 Å². The first kappa shape index (κ1) is 19.4. The molecular weight excluding hydrogens is 386 g/mol. The number of nitriles is 1. The fraction of sp³-hybridized carbons (Fsp3) is 0.381. The molecule has 1 fully saturated rings. The van der Waals surface area contributed by atoms with Gasteiger partial charge in [0.1, 0.15) is 11.5 Å². The van der Waals surface area contributed by atoms with Gasteiger partial charge in [-0.15, -0.1) is 10.2 Å². The molecule has 0 N–H and O–H groups in total. The van der Waals surface area contributed by atoms with Gasteiger partial charge in [-0.3, -0.25) is 4.57 Å². The predicted octanol–water partition coefficient (Wildman–Crippen LogP) is 3.95. The van der Waals surface area contributed by atoms with Gasteiger partial charge >= 0.3 is 0 Å². The largest absolute Gasteiger partial charge is 0.493 e. The fourth-order valence-corrected chi connectivity index (χ4v) is 4.11. The molecule has 0 atom stereocenters. The van der Waals surface area contributed by atoms with E-state index in [1.165, 1.54) is 19.3 Å². The molecule has 29 heavy (non-hydrogen) atoms. The van der Waals surface area contributed by atoms with E-state index in [1.54, 1.807) is 30.2 Å². The molecule has 8 heteroatoms. The number of anilines is 1. The number of benzene rings is 1. The van der Waals surface area contributed by atoms with Crippen molar-refractivity contribution in [1.82, 2.24) is 14.8 Å². The van der Waals surface area contributed by atoms with Crippen LogP contribution in [-0.2, 0) is 6.54 Å². The lowest BCUT2D eigenvalue weighted by atomic mass is 10.1. The summed E-state index contributed by atoms with van der Waals surface area (Å²) in [5, 5.41) is 18.8. The van der Waals surface area contributed by atoms with Crippen LogP contribution < -0.4 is 9.64 Å². The summed E-state index contributed by atoms with van der Waals surface area (Å²) < 4.78 is 13.5. The smallest absolute Gasteiger partial charge is 0.228 e. The van der Waals surface area contributed by atoms with Crippen LogP contribution in [0.4, 0.5) is 5.95 Å². The number of piperidine rings is 1. The standard InChI is InChI=1S/C21H23N5O2S/c22-15-17-6-4-7-18(14-17)28-12-13-29-21-24-23-20(25-9-2-1-3-10-25)26(21)16-19-8-5-11-27-19/h4-8,11,14H,1-3,9-10,12-13,16H2. The van der Waals surface area contributed by atoms with Crippen molar-refractivity contribution in [1.29, 1.82) is 5.26 Å². The van der Waals surface area contributed by atoms with Gasteiger partial charge in [-0.2, -0.15) is 5.26 Å². The number of hydrogen-bond donors (Lipinski definition) is 0. The predicted molar refractivity (Wildman–Crippen MR) is 111 cm³/mol. The van der Waals surface area contributed by atoms with Crippen LogP contribution in [0.25, 0.3) is 0 Å². The summed E-state index contributed by atoms with van der Waals surface area (Å²) >= 11 is 1.61. The highest BCUT2D eigenvalue weighted by Crippen LogP contribution is 2.26. The van der Waals surface area contributed by atoms with Crippen LogP contribution in [0.15, 0.2) is 52.2 Å². The van der Waals surface area contributed by atoms with Gasteiger partial charge in [0.2, 0.25) is 5.95 Å². The minimum Gasteiger partial charge on any atom is -0.493 e. The number of furan rings is 1. The van der Waals surface area contributed by atoms with E-state index in [9.17, 15) is 0 Å². The van der Waals surface area contributed by atoms with E-state index in [-0.39, 0.29) is 0 Å². The van der Waals surface area contributed by atoms with Crippen molar-refractivity contribution >= 4 is 17.7 Å². The van der Waals surface area contributed by atoms with Gasteiger partial charge in [0.15, 0.2) is 5.16 Å². The minimum absolute atomic E-state index is 0.520. The van der Waals surface area contributed by atoms with Crippen molar-refractivity contribution < 1.29 is 9.15 Å². The molecule has 150 valence electrons. The SMILES string of the molecule is N#Cc1cccc(OCCSc2nnc(N3CCCCC3)n2Cc2ccco2)c1. The van der Waals surface area contributed by atoms with Gasteiger partial charge in [0.05, 0.1) is 31.0 Å². The first-order chi connectivity index (χ1) is 14.3. The van der Waals surface area contributed by atoms with Gasteiger partial charge in [0, 0.05) is 18.8 Å². The molecule has 0 amide bonds. The highest BCUT2D eigenvalue weighted by atomic mass is 32.2. The second-order valence-corrected chi connectivity index (χ2v) is 7.89. The zero-order valence-electron chi connectivity index (χ0n) is 16.2. The topological polar surface area (TPSA) is 80.1 Å². The number of ether oxygens (including phenoxy) is 1. The van der Waals surface area contributed by atoms with E-state index in [1.807, 2.05) is 24.3 Å². The van der Waals surface area contributed by atoms with Gasteiger partial charge in [0.25, 0.3) is 0 Å². The van der Waals surface area contributed by atoms with Crippen molar-refractivity contribution in [3.8, 4) is 11.8 Å². The second-order valence-electron chi connectivity index (χ2n) is 6.83. The lowest BCUT2D eigenvalue weighted by Crippen LogP contribution is -2.32. The normalized spacial score (nSPS) is 14.0. The molecule has 1 saturated heterocycles.